The second-order valence-corrected chi connectivity index (χ2v) is 7.23. The first-order chi connectivity index (χ1) is 8.30. The van der Waals surface area contributed by atoms with E-state index in [1.54, 1.807) is 4.68 Å². The monoisotopic (exact) mass is 273 g/mol. The molecule has 0 aromatic carbocycles. The highest BCUT2D eigenvalue weighted by molar-refractivity contribution is 7.91. The minimum absolute atomic E-state index is 0.103. The van der Waals surface area contributed by atoms with Crippen molar-refractivity contribution < 1.29 is 8.42 Å². The summed E-state index contributed by atoms with van der Waals surface area (Å²) in [6.07, 6.45) is 0.611. The van der Waals surface area contributed by atoms with Crippen LogP contribution >= 0.6 is 0 Å². The molecule has 102 valence electrons. The van der Waals surface area contributed by atoms with Crippen LogP contribution in [0.5, 0.6) is 0 Å². The van der Waals surface area contributed by atoms with Gasteiger partial charge >= 0.3 is 0 Å². The van der Waals surface area contributed by atoms with E-state index in [0.29, 0.717) is 18.3 Å². The summed E-state index contributed by atoms with van der Waals surface area (Å²) in [5.74, 6) is 1.69. The summed E-state index contributed by atoms with van der Waals surface area (Å²) in [4.78, 5) is 8.08. The van der Waals surface area contributed by atoms with E-state index in [1.165, 1.54) is 0 Å². The molecular weight excluding hydrogens is 254 g/mol. The zero-order valence-corrected chi connectivity index (χ0v) is 12.0. The van der Waals surface area contributed by atoms with Gasteiger partial charge in [-0.3, -0.25) is 0 Å². The van der Waals surface area contributed by atoms with Gasteiger partial charge in [-0.25, -0.2) is 13.1 Å². The Kier molecular flexibility index (Phi) is 3.22. The standard InChI is InChI=1S/C10H19N5O2S/c1-13(2)9-11-10(14(3)4)15(12-9)8-5-6-18(16,17)7-8/h8H,5-7H2,1-4H3. The predicted molar refractivity (Wildman–Crippen MR) is 71.0 cm³/mol. The Balaban J connectivity index is 2.37. The van der Waals surface area contributed by atoms with Crippen LogP contribution in [0.3, 0.4) is 0 Å². The molecule has 0 aliphatic carbocycles. The van der Waals surface area contributed by atoms with Crippen LogP contribution in [0.25, 0.3) is 0 Å². The van der Waals surface area contributed by atoms with Crippen molar-refractivity contribution in [1.82, 2.24) is 14.8 Å². The molecule has 18 heavy (non-hydrogen) atoms. The molecule has 2 heterocycles. The van der Waals surface area contributed by atoms with Gasteiger partial charge in [-0.05, 0) is 6.42 Å². The number of rotatable bonds is 3. The molecule has 1 aliphatic rings. The zero-order chi connectivity index (χ0) is 13.5. The number of anilines is 2. The van der Waals surface area contributed by atoms with Gasteiger partial charge in [-0.2, -0.15) is 4.98 Å². The van der Waals surface area contributed by atoms with Gasteiger partial charge in [-0.1, -0.05) is 0 Å². The van der Waals surface area contributed by atoms with Gasteiger partial charge < -0.3 is 9.80 Å². The van der Waals surface area contributed by atoms with Gasteiger partial charge in [0.15, 0.2) is 9.84 Å². The molecule has 0 saturated carbocycles. The lowest BCUT2D eigenvalue weighted by Gasteiger charge is -2.16. The van der Waals surface area contributed by atoms with E-state index < -0.39 is 9.84 Å². The van der Waals surface area contributed by atoms with Crippen molar-refractivity contribution in [2.45, 2.75) is 12.5 Å². The fourth-order valence-corrected chi connectivity index (χ4v) is 3.70. The van der Waals surface area contributed by atoms with Gasteiger partial charge in [0.05, 0.1) is 17.5 Å². The van der Waals surface area contributed by atoms with E-state index in [9.17, 15) is 8.42 Å². The lowest BCUT2D eigenvalue weighted by Crippen LogP contribution is -2.20. The van der Waals surface area contributed by atoms with Crippen molar-refractivity contribution >= 4 is 21.7 Å². The van der Waals surface area contributed by atoms with E-state index in [0.717, 1.165) is 0 Å². The molecule has 7 nitrogen and oxygen atoms in total. The van der Waals surface area contributed by atoms with Gasteiger partial charge in [0, 0.05) is 28.2 Å². The third-order valence-corrected chi connectivity index (χ3v) is 4.71. The molecule has 1 aliphatic heterocycles. The molecular formula is C10H19N5O2S. The highest BCUT2D eigenvalue weighted by Gasteiger charge is 2.32. The number of nitrogens with zero attached hydrogens (tertiary/aromatic N) is 5. The quantitative estimate of drug-likeness (QED) is 0.757. The molecule has 0 amide bonds. The minimum atomic E-state index is -2.92. The molecule has 0 radical (unpaired) electrons. The van der Waals surface area contributed by atoms with Crippen molar-refractivity contribution in [2.75, 3.05) is 49.5 Å². The van der Waals surface area contributed by atoms with Crippen LogP contribution in [0.2, 0.25) is 0 Å². The van der Waals surface area contributed by atoms with Crippen molar-refractivity contribution in [3.8, 4) is 0 Å². The highest BCUT2D eigenvalue weighted by atomic mass is 32.2. The molecule has 8 heteroatoms. The van der Waals surface area contributed by atoms with Crippen LogP contribution in [0.1, 0.15) is 12.5 Å². The van der Waals surface area contributed by atoms with Gasteiger partial charge in [-0.15, -0.1) is 5.10 Å². The average Bonchev–Trinajstić information content (AvgIpc) is 2.80. The Bertz CT molecular complexity index is 534. The fraction of sp³-hybridized carbons (Fsp3) is 0.800. The first-order valence-electron chi connectivity index (χ1n) is 5.82. The SMILES string of the molecule is CN(C)c1nc(N(C)C)n(C2CCS(=O)(=O)C2)n1. The summed E-state index contributed by atoms with van der Waals surface area (Å²) in [5, 5.41) is 4.40. The third kappa shape index (κ3) is 2.43. The Labute approximate surface area is 107 Å². The summed E-state index contributed by atoms with van der Waals surface area (Å²) in [6.45, 7) is 0. The number of hydrogen-bond acceptors (Lipinski definition) is 6. The van der Waals surface area contributed by atoms with Crippen LogP contribution in [0.4, 0.5) is 11.9 Å². The third-order valence-electron chi connectivity index (χ3n) is 2.96. The topological polar surface area (TPSA) is 71.3 Å². The van der Waals surface area contributed by atoms with Crippen LogP contribution in [0.15, 0.2) is 0 Å². The van der Waals surface area contributed by atoms with Crippen molar-refractivity contribution in [3.05, 3.63) is 0 Å². The van der Waals surface area contributed by atoms with E-state index >= 15 is 0 Å². The van der Waals surface area contributed by atoms with Gasteiger partial charge in [0.25, 0.3) is 0 Å². The van der Waals surface area contributed by atoms with E-state index in [2.05, 4.69) is 10.1 Å². The maximum Gasteiger partial charge on any atom is 0.246 e. The van der Waals surface area contributed by atoms with Gasteiger partial charge in [0.1, 0.15) is 0 Å². The zero-order valence-electron chi connectivity index (χ0n) is 11.2. The smallest absolute Gasteiger partial charge is 0.246 e. The van der Waals surface area contributed by atoms with E-state index in [-0.39, 0.29) is 17.5 Å². The van der Waals surface area contributed by atoms with Crippen LogP contribution < -0.4 is 9.80 Å². The summed E-state index contributed by atoms with van der Waals surface area (Å²) in [6, 6.07) is -0.103. The molecule has 0 bridgehead atoms. The second-order valence-electron chi connectivity index (χ2n) is 5.00. The lowest BCUT2D eigenvalue weighted by molar-refractivity contribution is 0.499. The summed E-state index contributed by atoms with van der Waals surface area (Å²) >= 11 is 0. The molecule has 1 fully saturated rings. The molecule has 0 N–H and O–H groups in total. The van der Waals surface area contributed by atoms with Crippen molar-refractivity contribution in [2.24, 2.45) is 0 Å². The summed E-state index contributed by atoms with van der Waals surface area (Å²) < 4.78 is 24.8. The Morgan fingerprint density at radius 1 is 1.22 bits per heavy atom. The Hall–Kier alpha value is -1.31. The largest absolute Gasteiger partial charge is 0.347 e. The summed E-state index contributed by atoms with van der Waals surface area (Å²) in [5.41, 5.74) is 0. The molecule has 1 atom stereocenters. The van der Waals surface area contributed by atoms with E-state index in [4.69, 9.17) is 0 Å². The molecule has 1 saturated heterocycles. The van der Waals surface area contributed by atoms with Crippen molar-refractivity contribution in [1.29, 1.82) is 0 Å². The maximum absolute atomic E-state index is 11.6. The first-order valence-corrected chi connectivity index (χ1v) is 7.64. The van der Waals surface area contributed by atoms with Crippen LogP contribution in [-0.4, -0.2) is 62.9 Å². The molecule has 0 spiro atoms. The Morgan fingerprint density at radius 3 is 2.33 bits per heavy atom. The number of sulfone groups is 1. The molecule has 1 unspecified atom stereocenters. The second kappa shape index (κ2) is 4.42. The first kappa shape index (κ1) is 13.1. The van der Waals surface area contributed by atoms with E-state index in [1.807, 2.05) is 38.0 Å². The predicted octanol–water partition coefficient (Wildman–Crippen LogP) is -0.230. The fourth-order valence-electron chi connectivity index (χ4n) is 2.01. The molecule has 1 aromatic heterocycles. The minimum Gasteiger partial charge on any atom is -0.347 e. The number of aromatic nitrogens is 3. The summed E-state index contributed by atoms with van der Waals surface area (Å²) in [7, 11) is 4.57. The van der Waals surface area contributed by atoms with Crippen LogP contribution in [-0.2, 0) is 9.84 Å². The Morgan fingerprint density at radius 2 is 1.89 bits per heavy atom. The van der Waals surface area contributed by atoms with Gasteiger partial charge in [0.2, 0.25) is 11.9 Å². The lowest BCUT2D eigenvalue weighted by atomic mass is 10.3. The molecule has 2 rings (SSSR count). The average molecular weight is 273 g/mol. The highest BCUT2D eigenvalue weighted by Crippen LogP contribution is 2.27. The maximum atomic E-state index is 11.6. The normalized spacial score (nSPS) is 22.1. The van der Waals surface area contributed by atoms with Crippen LogP contribution in [0, 0.1) is 0 Å². The molecule has 1 aromatic rings. The van der Waals surface area contributed by atoms with Crippen molar-refractivity contribution in [3.63, 3.8) is 0 Å². The number of hydrogen-bond donors (Lipinski definition) is 0.